The summed E-state index contributed by atoms with van der Waals surface area (Å²) in [6.45, 7) is 1.83. The van der Waals surface area contributed by atoms with Gasteiger partial charge in [0.25, 0.3) is 10.0 Å². The number of H-pyrrole nitrogens is 1. The lowest BCUT2D eigenvalue weighted by Gasteiger charge is -2.07. The molecule has 2 aromatic rings. The first-order valence-corrected chi connectivity index (χ1v) is 7.78. The van der Waals surface area contributed by atoms with Gasteiger partial charge in [-0.2, -0.15) is 0 Å². The Morgan fingerprint density at radius 3 is 2.60 bits per heavy atom. The van der Waals surface area contributed by atoms with E-state index in [1.165, 1.54) is 0 Å². The number of aryl methyl sites for hydroxylation is 1. The number of carboxylic acid groups (broad SMARTS) is 1. The molecule has 0 saturated heterocycles. The van der Waals surface area contributed by atoms with Gasteiger partial charge in [0.05, 0.1) is 0 Å². The van der Waals surface area contributed by atoms with Crippen LogP contribution in [0.25, 0.3) is 0 Å². The lowest BCUT2D eigenvalue weighted by Crippen LogP contribution is -2.12. The molecule has 0 aliphatic rings. The fourth-order valence-corrected chi connectivity index (χ4v) is 2.86. The largest absolute Gasteiger partial charge is 0.477 e. The summed E-state index contributed by atoms with van der Waals surface area (Å²) < 4.78 is 27.5. The minimum absolute atomic E-state index is 0.129. The average Bonchev–Trinajstić information content (AvgIpc) is 2.84. The maximum Gasteiger partial charge on any atom is 0.352 e. The van der Waals surface area contributed by atoms with E-state index in [9.17, 15) is 13.2 Å². The molecule has 0 spiro atoms. The van der Waals surface area contributed by atoms with E-state index in [0.29, 0.717) is 5.69 Å². The maximum absolute atomic E-state index is 12.1. The number of sulfonamides is 1. The quantitative estimate of drug-likeness (QED) is 0.781. The second kappa shape index (κ2) is 5.29. The summed E-state index contributed by atoms with van der Waals surface area (Å²) in [5, 5.41) is 8.77. The lowest BCUT2D eigenvalue weighted by molar-refractivity contribution is 0.0691. The van der Waals surface area contributed by atoms with Crippen molar-refractivity contribution in [3.8, 4) is 0 Å². The van der Waals surface area contributed by atoms with Crippen LogP contribution in [0.2, 0.25) is 0 Å². The van der Waals surface area contributed by atoms with Crippen LogP contribution in [0, 0.1) is 6.92 Å². The first kappa shape index (κ1) is 14.6. The van der Waals surface area contributed by atoms with E-state index in [1.807, 2.05) is 6.92 Å². The van der Waals surface area contributed by atoms with Crippen molar-refractivity contribution in [1.82, 2.24) is 4.98 Å². The number of hydrogen-bond donors (Lipinski definition) is 3. The molecule has 1 aromatic heterocycles. The minimum Gasteiger partial charge on any atom is -0.477 e. The third-order valence-corrected chi connectivity index (χ3v) is 4.86. The lowest BCUT2D eigenvalue weighted by atomic mass is 10.2. The predicted molar refractivity (Wildman–Crippen MR) is 77.4 cm³/mol. The van der Waals surface area contributed by atoms with Crippen LogP contribution in [0.1, 0.15) is 16.1 Å². The van der Waals surface area contributed by atoms with Gasteiger partial charge in [-0.25, -0.2) is 13.2 Å². The summed E-state index contributed by atoms with van der Waals surface area (Å²) in [4.78, 5) is 13.0. The number of aromatic nitrogens is 1. The summed E-state index contributed by atoms with van der Waals surface area (Å²) in [5.74, 6) is -1.22. The van der Waals surface area contributed by atoms with Gasteiger partial charge in [-0.15, -0.1) is 0 Å². The first-order valence-electron chi connectivity index (χ1n) is 5.50. The summed E-state index contributed by atoms with van der Waals surface area (Å²) in [6, 6.07) is 6.08. The van der Waals surface area contributed by atoms with E-state index < -0.39 is 16.0 Å². The monoisotopic (exact) mass is 358 g/mol. The Balaban J connectivity index is 2.30. The van der Waals surface area contributed by atoms with Crippen molar-refractivity contribution >= 4 is 37.6 Å². The zero-order chi connectivity index (χ0) is 14.9. The highest BCUT2D eigenvalue weighted by Gasteiger charge is 2.18. The zero-order valence-electron chi connectivity index (χ0n) is 10.3. The van der Waals surface area contributed by atoms with Crippen molar-refractivity contribution in [2.24, 2.45) is 0 Å². The van der Waals surface area contributed by atoms with E-state index >= 15 is 0 Å². The Morgan fingerprint density at radius 2 is 2.05 bits per heavy atom. The molecule has 6 nitrogen and oxygen atoms in total. The van der Waals surface area contributed by atoms with Gasteiger partial charge in [-0.1, -0.05) is 15.9 Å². The number of halogens is 1. The fraction of sp³-hybridized carbons (Fsp3) is 0.0833. The van der Waals surface area contributed by atoms with Crippen LogP contribution in [-0.4, -0.2) is 24.5 Å². The van der Waals surface area contributed by atoms with Crippen LogP contribution in [0.3, 0.4) is 0 Å². The summed E-state index contributed by atoms with van der Waals surface area (Å²) in [5.41, 5.74) is 1.10. The third-order valence-electron chi connectivity index (χ3n) is 2.61. The van der Waals surface area contributed by atoms with Crippen molar-refractivity contribution in [2.75, 3.05) is 4.72 Å². The maximum atomic E-state index is 12.1. The van der Waals surface area contributed by atoms with Crippen molar-refractivity contribution < 1.29 is 18.3 Å². The third kappa shape index (κ3) is 3.02. The Labute approximate surface area is 124 Å². The molecule has 20 heavy (non-hydrogen) atoms. The molecule has 0 aliphatic carbocycles. The van der Waals surface area contributed by atoms with Gasteiger partial charge in [-0.05, 0) is 36.8 Å². The highest BCUT2D eigenvalue weighted by molar-refractivity contribution is 9.10. The Morgan fingerprint density at radius 1 is 1.35 bits per heavy atom. The molecule has 106 valence electrons. The number of rotatable bonds is 4. The van der Waals surface area contributed by atoms with Crippen molar-refractivity contribution in [2.45, 2.75) is 11.8 Å². The molecule has 1 heterocycles. The Hall–Kier alpha value is -1.80. The molecular formula is C12H11BrN2O4S. The van der Waals surface area contributed by atoms with Crippen molar-refractivity contribution in [1.29, 1.82) is 0 Å². The van der Waals surface area contributed by atoms with Crippen LogP contribution in [0.15, 0.2) is 39.8 Å². The number of aromatic amines is 1. The van der Waals surface area contributed by atoms with Gasteiger partial charge in [0.1, 0.15) is 10.6 Å². The molecule has 1 aromatic carbocycles. The van der Waals surface area contributed by atoms with Crippen molar-refractivity contribution in [3.63, 3.8) is 0 Å². The fourth-order valence-electron chi connectivity index (χ4n) is 1.58. The SMILES string of the molecule is Cc1cc(NS(=O)(=O)c2c[nH]c(C(=O)O)c2)ccc1Br. The molecule has 0 fully saturated rings. The number of aromatic carboxylic acids is 1. The number of hydrogen-bond acceptors (Lipinski definition) is 3. The molecule has 8 heteroatoms. The minimum atomic E-state index is -3.82. The van der Waals surface area contributed by atoms with Gasteiger partial charge < -0.3 is 10.1 Å². The van der Waals surface area contributed by atoms with E-state index in [4.69, 9.17) is 5.11 Å². The Kier molecular flexibility index (Phi) is 3.87. The van der Waals surface area contributed by atoms with Crippen LogP contribution >= 0.6 is 15.9 Å². The molecule has 0 saturated carbocycles. The molecule has 0 aliphatic heterocycles. The number of anilines is 1. The molecule has 0 unspecified atom stereocenters. The molecule has 0 bridgehead atoms. The van der Waals surface area contributed by atoms with Crippen LogP contribution in [-0.2, 0) is 10.0 Å². The van der Waals surface area contributed by atoms with E-state index in [2.05, 4.69) is 25.6 Å². The van der Waals surface area contributed by atoms with E-state index in [1.54, 1.807) is 18.2 Å². The molecule has 0 amide bonds. The molecule has 2 rings (SSSR count). The molecule has 0 radical (unpaired) electrons. The second-order valence-electron chi connectivity index (χ2n) is 4.12. The number of nitrogens with one attached hydrogen (secondary N) is 2. The average molecular weight is 359 g/mol. The van der Waals surface area contributed by atoms with Gasteiger partial charge >= 0.3 is 5.97 Å². The number of carboxylic acids is 1. The highest BCUT2D eigenvalue weighted by Crippen LogP contribution is 2.22. The van der Waals surface area contributed by atoms with Crippen molar-refractivity contribution in [3.05, 3.63) is 46.2 Å². The zero-order valence-corrected chi connectivity index (χ0v) is 12.7. The summed E-state index contributed by atoms with van der Waals surface area (Å²) in [7, 11) is -3.82. The van der Waals surface area contributed by atoms with Crippen LogP contribution in [0.5, 0.6) is 0 Å². The van der Waals surface area contributed by atoms with Gasteiger partial charge in [-0.3, -0.25) is 4.72 Å². The molecular weight excluding hydrogens is 348 g/mol. The first-order chi connectivity index (χ1) is 9.29. The van der Waals surface area contributed by atoms with Gasteiger partial charge in [0.15, 0.2) is 0 Å². The molecule has 0 atom stereocenters. The molecule has 3 N–H and O–H groups in total. The summed E-state index contributed by atoms with van der Waals surface area (Å²) >= 11 is 3.33. The van der Waals surface area contributed by atoms with Crippen LogP contribution in [0.4, 0.5) is 5.69 Å². The van der Waals surface area contributed by atoms with Crippen LogP contribution < -0.4 is 4.72 Å². The number of benzene rings is 1. The number of carbonyl (C=O) groups is 1. The Bertz CT molecular complexity index is 768. The summed E-state index contributed by atoms with van der Waals surface area (Å²) in [6.07, 6.45) is 1.14. The highest BCUT2D eigenvalue weighted by atomic mass is 79.9. The topological polar surface area (TPSA) is 99.3 Å². The second-order valence-corrected chi connectivity index (χ2v) is 6.66. The van der Waals surface area contributed by atoms with Gasteiger partial charge in [0, 0.05) is 16.4 Å². The predicted octanol–water partition coefficient (Wildman–Crippen LogP) is 2.58. The smallest absolute Gasteiger partial charge is 0.352 e. The van der Waals surface area contributed by atoms with E-state index in [-0.39, 0.29) is 10.6 Å². The standard InChI is InChI=1S/C12H11BrN2O4S/c1-7-4-8(2-3-10(7)13)15-20(18,19)9-5-11(12(16)17)14-6-9/h2-6,14-15H,1H3,(H,16,17). The van der Waals surface area contributed by atoms with E-state index in [0.717, 1.165) is 22.3 Å². The van der Waals surface area contributed by atoms with Gasteiger partial charge in [0.2, 0.25) is 0 Å². The normalized spacial score (nSPS) is 11.3.